The summed E-state index contributed by atoms with van der Waals surface area (Å²) in [5.74, 6) is 0.246. The molecule has 1 aromatic heterocycles. The summed E-state index contributed by atoms with van der Waals surface area (Å²) in [6.45, 7) is 1.00. The zero-order chi connectivity index (χ0) is 17.8. The van der Waals surface area contributed by atoms with Crippen LogP contribution in [0.25, 0.3) is 5.69 Å². The Labute approximate surface area is 149 Å². The number of hydrogen-bond donors (Lipinski definition) is 1. The van der Waals surface area contributed by atoms with E-state index < -0.39 is 9.84 Å². The van der Waals surface area contributed by atoms with Crippen molar-refractivity contribution in [2.45, 2.75) is 0 Å². The number of aromatic nitrogens is 2. The van der Waals surface area contributed by atoms with E-state index in [2.05, 4.69) is 5.10 Å². The fourth-order valence-electron chi connectivity index (χ4n) is 3.27. The third-order valence-electron chi connectivity index (χ3n) is 4.77. The van der Waals surface area contributed by atoms with Gasteiger partial charge in [-0.1, -0.05) is 17.7 Å². The number of carbonyl (C=O) groups excluding carboxylic acids is 1. The number of sulfone groups is 1. The predicted octanol–water partition coefficient (Wildman–Crippen LogP) is 1.35. The highest BCUT2D eigenvalue weighted by Crippen LogP contribution is 2.34. The van der Waals surface area contributed by atoms with E-state index in [9.17, 15) is 18.3 Å². The van der Waals surface area contributed by atoms with Crippen LogP contribution in [0.5, 0.6) is 5.75 Å². The number of hydrogen-bond acceptors (Lipinski definition) is 5. The quantitative estimate of drug-likeness (QED) is 0.866. The number of nitrogens with zero attached hydrogens (tertiary/aromatic N) is 3. The van der Waals surface area contributed by atoms with E-state index in [-0.39, 0.29) is 40.7 Å². The van der Waals surface area contributed by atoms with Gasteiger partial charge in [0.1, 0.15) is 0 Å². The maximum absolute atomic E-state index is 12.5. The first-order valence-corrected chi connectivity index (χ1v) is 10.1. The van der Waals surface area contributed by atoms with Crippen molar-refractivity contribution in [3.8, 4) is 11.4 Å². The summed E-state index contributed by atoms with van der Waals surface area (Å²) in [6.07, 6.45) is 1.37. The molecule has 4 rings (SSSR count). The van der Waals surface area contributed by atoms with Gasteiger partial charge < -0.3 is 10.0 Å². The standard InChI is InChI=1S/C16H16ClN3O4S/c17-12-2-1-3-13(4-12)20-7-14(21)15(18-20)16(22)19-5-10(6-19)11-8-25(23,24)9-11/h1-4,7,10-11,21H,5-6,8-9H2. The summed E-state index contributed by atoms with van der Waals surface area (Å²) in [5, 5.41) is 14.8. The van der Waals surface area contributed by atoms with Crippen molar-refractivity contribution in [2.24, 2.45) is 11.8 Å². The molecule has 0 aliphatic carbocycles. The Morgan fingerprint density at radius 1 is 1.24 bits per heavy atom. The molecule has 132 valence electrons. The molecule has 0 saturated carbocycles. The molecule has 2 fully saturated rings. The molecule has 2 aromatic rings. The first-order valence-electron chi connectivity index (χ1n) is 7.87. The molecule has 0 atom stereocenters. The Morgan fingerprint density at radius 2 is 1.96 bits per heavy atom. The lowest BCUT2D eigenvalue weighted by Crippen LogP contribution is -2.57. The number of likely N-dealkylation sites (tertiary alicyclic amines) is 1. The first-order chi connectivity index (χ1) is 11.8. The van der Waals surface area contributed by atoms with E-state index in [1.807, 2.05) is 0 Å². The second-order valence-electron chi connectivity index (χ2n) is 6.59. The summed E-state index contributed by atoms with van der Waals surface area (Å²) < 4.78 is 23.9. The van der Waals surface area contributed by atoms with Crippen LogP contribution in [0, 0.1) is 11.8 Å². The van der Waals surface area contributed by atoms with E-state index in [4.69, 9.17) is 11.6 Å². The number of rotatable bonds is 3. The Hall–Kier alpha value is -2.06. The van der Waals surface area contributed by atoms with Gasteiger partial charge in [0.25, 0.3) is 5.91 Å². The second-order valence-corrected chi connectivity index (χ2v) is 9.18. The molecule has 1 amide bonds. The van der Waals surface area contributed by atoms with Crippen molar-refractivity contribution in [3.63, 3.8) is 0 Å². The number of halogens is 1. The lowest BCUT2D eigenvalue weighted by molar-refractivity contribution is 0.0390. The number of aromatic hydroxyl groups is 1. The third-order valence-corrected chi connectivity index (χ3v) is 6.88. The minimum atomic E-state index is -2.85. The van der Waals surface area contributed by atoms with Gasteiger partial charge in [-0.2, -0.15) is 5.10 Å². The average molecular weight is 382 g/mol. The highest BCUT2D eigenvalue weighted by Gasteiger charge is 2.45. The lowest BCUT2D eigenvalue weighted by Gasteiger charge is -2.45. The minimum Gasteiger partial charge on any atom is -0.504 e. The molecule has 7 nitrogen and oxygen atoms in total. The summed E-state index contributed by atoms with van der Waals surface area (Å²) in [6, 6.07) is 6.92. The second kappa shape index (κ2) is 5.74. The average Bonchev–Trinajstić information content (AvgIpc) is 2.85. The van der Waals surface area contributed by atoms with Crippen LogP contribution in [0.1, 0.15) is 10.5 Å². The topological polar surface area (TPSA) is 92.5 Å². The van der Waals surface area contributed by atoms with Crippen molar-refractivity contribution in [3.05, 3.63) is 41.2 Å². The van der Waals surface area contributed by atoms with Gasteiger partial charge in [-0.15, -0.1) is 0 Å². The Kier molecular flexibility index (Phi) is 3.77. The fourth-order valence-corrected chi connectivity index (χ4v) is 5.21. The third kappa shape index (κ3) is 3.00. The van der Waals surface area contributed by atoms with Crippen LogP contribution in [0.4, 0.5) is 0 Å². The largest absolute Gasteiger partial charge is 0.504 e. The number of amides is 1. The number of benzene rings is 1. The summed E-state index contributed by atoms with van der Waals surface area (Å²) in [4.78, 5) is 14.1. The van der Waals surface area contributed by atoms with Crippen LogP contribution >= 0.6 is 11.6 Å². The van der Waals surface area contributed by atoms with Crippen LogP contribution in [0.2, 0.25) is 5.02 Å². The normalized spacial score (nSPS) is 20.1. The molecule has 0 radical (unpaired) electrons. The molecule has 0 bridgehead atoms. The van der Waals surface area contributed by atoms with Gasteiger partial charge in [-0.3, -0.25) is 4.79 Å². The molecule has 1 N–H and O–H groups in total. The summed E-state index contributed by atoms with van der Waals surface area (Å²) >= 11 is 5.95. The van der Waals surface area contributed by atoms with Crippen LogP contribution in [0.15, 0.2) is 30.5 Å². The minimum absolute atomic E-state index is 0.0142. The molecule has 1 aromatic carbocycles. The van der Waals surface area contributed by atoms with Gasteiger partial charge in [0.15, 0.2) is 21.3 Å². The SMILES string of the molecule is O=C(c1nn(-c2cccc(Cl)c2)cc1O)N1CC(C2CS(=O)(=O)C2)C1. The van der Waals surface area contributed by atoms with Gasteiger partial charge in [-0.25, -0.2) is 13.1 Å². The van der Waals surface area contributed by atoms with Crippen LogP contribution in [-0.4, -0.2) is 58.7 Å². The summed E-state index contributed by atoms with van der Waals surface area (Å²) in [7, 11) is -2.85. The molecule has 0 spiro atoms. The first kappa shape index (κ1) is 16.4. The Bertz CT molecular complexity index is 938. The van der Waals surface area contributed by atoms with E-state index >= 15 is 0 Å². The monoisotopic (exact) mass is 381 g/mol. The zero-order valence-electron chi connectivity index (χ0n) is 13.2. The van der Waals surface area contributed by atoms with Crippen LogP contribution in [-0.2, 0) is 9.84 Å². The van der Waals surface area contributed by atoms with Crippen molar-refractivity contribution in [1.29, 1.82) is 0 Å². The van der Waals surface area contributed by atoms with Gasteiger partial charge in [0.2, 0.25) is 0 Å². The molecular formula is C16H16ClN3O4S. The van der Waals surface area contributed by atoms with Crippen molar-refractivity contribution in [2.75, 3.05) is 24.6 Å². The fraction of sp³-hybridized carbons (Fsp3) is 0.375. The molecule has 2 aliphatic rings. The highest BCUT2D eigenvalue weighted by molar-refractivity contribution is 7.92. The molecule has 2 saturated heterocycles. The smallest absolute Gasteiger partial charge is 0.278 e. The number of carbonyl (C=O) groups is 1. The van der Waals surface area contributed by atoms with Crippen molar-refractivity contribution >= 4 is 27.3 Å². The van der Waals surface area contributed by atoms with E-state index in [0.717, 1.165) is 0 Å². The summed E-state index contributed by atoms with van der Waals surface area (Å²) in [5.41, 5.74) is 0.627. The zero-order valence-corrected chi connectivity index (χ0v) is 14.7. The van der Waals surface area contributed by atoms with Gasteiger partial charge in [0, 0.05) is 18.1 Å². The maximum Gasteiger partial charge on any atom is 0.278 e. The molecule has 25 heavy (non-hydrogen) atoms. The maximum atomic E-state index is 12.5. The molecule has 3 heterocycles. The van der Waals surface area contributed by atoms with Crippen molar-refractivity contribution in [1.82, 2.24) is 14.7 Å². The van der Waals surface area contributed by atoms with Gasteiger partial charge in [0.05, 0.1) is 23.4 Å². The lowest BCUT2D eigenvalue weighted by atomic mass is 9.87. The van der Waals surface area contributed by atoms with Crippen LogP contribution in [0.3, 0.4) is 0 Å². The molecule has 2 aliphatic heterocycles. The van der Waals surface area contributed by atoms with E-state index in [0.29, 0.717) is 23.8 Å². The van der Waals surface area contributed by atoms with E-state index in [1.165, 1.54) is 10.9 Å². The van der Waals surface area contributed by atoms with Gasteiger partial charge >= 0.3 is 0 Å². The van der Waals surface area contributed by atoms with Crippen LogP contribution < -0.4 is 0 Å². The Balaban J connectivity index is 1.45. The molecular weight excluding hydrogens is 366 g/mol. The van der Waals surface area contributed by atoms with Gasteiger partial charge in [-0.05, 0) is 30.0 Å². The predicted molar refractivity (Wildman–Crippen MR) is 91.8 cm³/mol. The molecule has 9 heteroatoms. The Morgan fingerprint density at radius 3 is 2.60 bits per heavy atom. The van der Waals surface area contributed by atoms with Crippen molar-refractivity contribution < 1.29 is 18.3 Å². The molecule has 0 unspecified atom stereocenters. The highest BCUT2D eigenvalue weighted by atomic mass is 35.5. The van der Waals surface area contributed by atoms with E-state index in [1.54, 1.807) is 29.2 Å².